The summed E-state index contributed by atoms with van der Waals surface area (Å²) in [4.78, 5) is 12.5. The molecule has 0 saturated heterocycles. The van der Waals surface area contributed by atoms with E-state index in [0.717, 1.165) is 41.5 Å². The van der Waals surface area contributed by atoms with Gasteiger partial charge in [-0.1, -0.05) is 23.7 Å². The van der Waals surface area contributed by atoms with E-state index in [1.807, 2.05) is 24.3 Å². The number of benzene rings is 1. The Hall–Kier alpha value is -2.70. The van der Waals surface area contributed by atoms with Crippen LogP contribution in [0.1, 0.15) is 37.3 Å². The maximum absolute atomic E-state index is 12.5. The van der Waals surface area contributed by atoms with Crippen LogP contribution >= 0.6 is 11.6 Å². The summed E-state index contributed by atoms with van der Waals surface area (Å²) in [6, 6.07) is 14.7. The summed E-state index contributed by atoms with van der Waals surface area (Å²) in [5.74, 6) is 0. The molecule has 0 bridgehead atoms. The van der Waals surface area contributed by atoms with Crippen LogP contribution in [0, 0.1) is 0 Å². The van der Waals surface area contributed by atoms with Gasteiger partial charge in [0.05, 0.1) is 17.3 Å². The second-order valence-electron chi connectivity index (χ2n) is 7.70. The first kappa shape index (κ1) is 19.6. The molecule has 3 aromatic rings. The Morgan fingerprint density at radius 1 is 1.21 bits per heavy atom. The fourth-order valence-corrected chi connectivity index (χ4v) is 4.47. The molecule has 6 nitrogen and oxygen atoms in total. The molecule has 0 amide bonds. The van der Waals surface area contributed by atoms with Gasteiger partial charge in [-0.3, -0.25) is 10.0 Å². The summed E-state index contributed by atoms with van der Waals surface area (Å²) < 4.78 is 2.57. The highest BCUT2D eigenvalue weighted by Gasteiger charge is 2.37. The summed E-state index contributed by atoms with van der Waals surface area (Å²) in [5, 5.41) is 15.0. The summed E-state index contributed by atoms with van der Waals surface area (Å²) in [7, 11) is 0. The van der Waals surface area contributed by atoms with Gasteiger partial charge in [0.2, 0.25) is 12.4 Å². The number of pyridine rings is 1. The van der Waals surface area contributed by atoms with Crippen LogP contribution in [0.2, 0.25) is 5.02 Å². The molecule has 2 aromatic heterocycles. The normalized spacial score (nSPS) is 21.8. The Labute approximate surface area is 174 Å². The Morgan fingerprint density at radius 2 is 2.00 bits per heavy atom. The fourth-order valence-electron chi connectivity index (χ4n) is 4.28. The van der Waals surface area contributed by atoms with Gasteiger partial charge in [-0.15, -0.1) is 0 Å². The van der Waals surface area contributed by atoms with Gasteiger partial charge in [0.1, 0.15) is 0 Å². The van der Waals surface area contributed by atoms with E-state index < -0.39 is 0 Å². The van der Waals surface area contributed by atoms with Crippen molar-refractivity contribution < 1.29 is 9.94 Å². The van der Waals surface area contributed by atoms with Gasteiger partial charge in [-0.2, -0.15) is 5.10 Å². The van der Waals surface area contributed by atoms with Crippen LogP contribution in [0.15, 0.2) is 65.7 Å². The minimum Gasteiger partial charge on any atom is -0.330 e. The molecule has 7 heteroatoms. The number of nitrogens with zero attached hydrogens (tertiary/aromatic N) is 3. The third kappa shape index (κ3) is 3.91. The third-order valence-electron chi connectivity index (χ3n) is 5.99. The van der Waals surface area contributed by atoms with E-state index in [0.29, 0.717) is 17.3 Å². The number of rotatable bonds is 4. The standard InChI is InChI=1S/C22H24ClN4O2/c23-18-5-1-4-17(13-18)22(15-24)10-8-19(9-11-22)27-21(28)7-6-20(25-27)16-3-2-12-26(29)14-16/h1-7,12-14,19,29H,8-11,15,24H2/q+1. The molecule has 1 aliphatic rings. The lowest BCUT2D eigenvalue weighted by Gasteiger charge is -2.40. The van der Waals surface area contributed by atoms with Crippen LogP contribution in [0.4, 0.5) is 0 Å². The molecule has 0 atom stereocenters. The fraction of sp³-hybridized carbons (Fsp3) is 0.318. The van der Waals surface area contributed by atoms with Crippen LogP contribution in [0.5, 0.6) is 0 Å². The monoisotopic (exact) mass is 411 g/mol. The van der Waals surface area contributed by atoms with Gasteiger partial charge in [0, 0.05) is 33.8 Å². The van der Waals surface area contributed by atoms with Crippen molar-refractivity contribution in [2.24, 2.45) is 5.73 Å². The van der Waals surface area contributed by atoms with Crippen LogP contribution in [-0.2, 0) is 5.41 Å². The predicted molar refractivity (Wildman–Crippen MR) is 111 cm³/mol. The van der Waals surface area contributed by atoms with Crippen molar-refractivity contribution in [1.82, 2.24) is 9.78 Å². The lowest BCUT2D eigenvalue weighted by atomic mass is 9.68. The van der Waals surface area contributed by atoms with Gasteiger partial charge in [-0.05, 0) is 55.5 Å². The maximum Gasteiger partial charge on any atom is 0.267 e. The van der Waals surface area contributed by atoms with E-state index >= 15 is 0 Å². The van der Waals surface area contributed by atoms with Gasteiger partial charge < -0.3 is 5.73 Å². The number of aromatic nitrogens is 3. The van der Waals surface area contributed by atoms with Crippen LogP contribution in [0.25, 0.3) is 11.3 Å². The molecule has 0 aliphatic heterocycles. The summed E-state index contributed by atoms with van der Waals surface area (Å²) in [6.45, 7) is 0.545. The molecule has 0 unspecified atom stereocenters. The van der Waals surface area contributed by atoms with Gasteiger partial charge in [0.25, 0.3) is 5.56 Å². The zero-order chi connectivity index (χ0) is 20.4. The van der Waals surface area contributed by atoms with E-state index in [9.17, 15) is 10.0 Å². The maximum atomic E-state index is 12.5. The van der Waals surface area contributed by atoms with Crippen LogP contribution in [0.3, 0.4) is 0 Å². The van der Waals surface area contributed by atoms with Crippen molar-refractivity contribution in [3.8, 4) is 11.3 Å². The Bertz CT molecular complexity index is 1070. The first-order valence-corrected chi connectivity index (χ1v) is 10.2. The van der Waals surface area contributed by atoms with E-state index in [1.165, 1.54) is 6.20 Å². The topological polar surface area (TPSA) is 85.0 Å². The lowest BCUT2D eigenvalue weighted by Crippen LogP contribution is -2.41. The predicted octanol–water partition coefficient (Wildman–Crippen LogP) is 3.10. The Balaban J connectivity index is 1.60. The van der Waals surface area contributed by atoms with Gasteiger partial charge in [0.15, 0.2) is 0 Å². The molecule has 4 rings (SSSR count). The van der Waals surface area contributed by atoms with Crippen molar-refractivity contribution in [2.75, 3.05) is 6.54 Å². The molecular formula is C22H24ClN4O2+. The van der Waals surface area contributed by atoms with E-state index in [1.54, 1.807) is 29.1 Å². The minimum absolute atomic E-state index is 0.0197. The number of nitrogens with two attached hydrogens (primary N) is 1. The zero-order valence-corrected chi connectivity index (χ0v) is 16.8. The molecule has 3 N–H and O–H groups in total. The second-order valence-corrected chi connectivity index (χ2v) is 8.14. The van der Waals surface area contributed by atoms with Crippen LogP contribution < -0.4 is 16.0 Å². The average Bonchev–Trinajstić information content (AvgIpc) is 2.74. The van der Waals surface area contributed by atoms with E-state index in [2.05, 4.69) is 11.2 Å². The second kappa shape index (κ2) is 7.97. The number of hydrogen-bond donors (Lipinski definition) is 2. The van der Waals surface area contributed by atoms with Crippen LogP contribution in [-0.4, -0.2) is 21.5 Å². The molecule has 2 heterocycles. The quantitative estimate of drug-likeness (QED) is 0.510. The Kier molecular flexibility index (Phi) is 5.39. The van der Waals surface area contributed by atoms with E-state index in [-0.39, 0.29) is 17.0 Å². The highest BCUT2D eigenvalue weighted by Crippen LogP contribution is 2.42. The molecule has 1 saturated carbocycles. The van der Waals surface area contributed by atoms with Gasteiger partial charge in [-0.25, -0.2) is 4.68 Å². The molecule has 0 radical (unpaired) electrons. The molecule has 1 aromatic carbocycles. The van der Waals surface area contributed by atoms with Crippen molar-refractivity contribution in [1.29, 1.82) is 0 Å². The zero-order valence-electron chi connectivity index (χ0n) is 16.0. The molecule has 0 spiro atoms. The van der Waals surface area contributed by atoms with Crippen molar-refractivity contribution in [2.45, 2.75) is 37.1 Å². The van der Waals surface area contributed by atoms with Gasteiger partial charge >= 0.3 is 0 Å². The molecule has 1 fully saturated rings. The van der Waals surface area contributed by atoms with Crippen molar-refractivity contribution in [3.63, 3.8) is 0 Å². The minimum atomic E-state index is -0.121. The first-order chi connectivity index (χ1) is 14.0. The molecule has 29 heavy (non-hydrogen) atoms. The first-order valence-electron chi connectivity index (χ1n) is 9.78. The summed E-state index contributed by atoms with van der Waals surface area (Å²) in [5.41, 5.74) is 8.52. The highest BCUT2D eigenvalue weighted by molar-refractivity contribution is 6.30. The smallest absolute Gasteiger partial charge is 0.267 e. The number of hydrogen-bond acceptors (Lipinski definition) is 4. The van der Waals surface area contributed by atoms with Crippen molar-refractivity contribution >= 4 is 11.6 Å². The van der Waals surface area contributed by atoms with Crippen molar-refractivity contribution in [3.05, 3.63) is 81.9 Å². The Morgan fingerprint density at radius 3 is 2.69 bits per heavy atom. The SMILES string of the molecule is NCC1(c2cccc(Cl)c2)CCC(n2nc(-c3ccc[n+](O)c3)ccc2=O)CC1. The molecule has 1 aliphatic carbocycles. The largest absolute Gasteiger partial charge is 0.330 e. The number of halogens is 1. The summed E-state index contributed by atoms with van der Waals surface area (Å²) >= 11 is 6.20. The average molecular weight is 412 g/mol. The highest BCUT2D eigenvalue weighted by atomic mass is 35.5. The summed E-state index contributed by atoms with van der Waals surface area (Å²) in [6.07, 6.45) is 6.47. The third-order valence-corrected chi connectivity index (χ3v) is 6.23. The van der Waals surface area contributed by atoms with E-state index in [4.69, 9.17) is 17.3 Å². The molecular weight excluding hydrogens is 388 g/mol. The molecule has 150 valence electrons. The lowest BCUT2D eigenvalue weighted by molar-refractivity contribution is -0.904.